The van der Waals surface area contributed by atoms with Crippen molar-refractivity contribution in [2.24, 2.45) is 0 Å². The van der Waals surface area contributed by atoms with Crippen molar-refractivity contribution >= 4 is 5.97 Å². The van der Waals surface area contributed by atoms with Gasteiger partial charge in [0.15, 0.2) is 0 Å². The van der Waals surface area contributed by atoms with E-state index in [2.05, 4.69) is 24.0 Å². The minimum atomic E-state index is -0.883. The van der Waals surface area contributed by atoms with Crippen molar-refractivity contribution in [1.29, 1.82) is 0 Å². The molecule has 0 radical (unpaired) electrons. The summed E-state index contributed by atoms with van der Waals surface area (Å²) >= 11 is 0. The number of hydrogen-bond donors (Lipinski definition) is 2. The van der Waals surface area contributed by atoms with Gasteiger partial charge in [-0.05, 0) is 35.7 Å². The van der Waals surface area contributed by atoms with Gasteiger partial charge >= 0.3 is 5.97 Å². The SMILES string of the molecule is C[C@H](c1ccc(-c2cc(CC(=O)O)ccc2O)cc1)N1CCOCC1. The Kier molecular flexibility index (Phi) is 5.36. The number of aliphatic carboxylic acids is 1. The van der Waals surface area contributed by atoms with Gasteiger partial charge in [-0.1, -0.05) is 30.3 Å². The van der Waals surface area contributed by atoms with Crippen LogP contribution < -0.4 is 0 Å². The van der Waals surface area contributed by atoms with E-state index in [1.54, 1.807) is 18.2 Å². The number of carboxylic acids is 1. The van der Waals surface area contributed by atoms with Crippen LogP contribution in [0, 0.1) is 0 Å². The van der Waals surface area contributed by atoms with Crippen molar-refractivity contribution in [1.82, 2.24) is 4.90 Å². The van der Waals surface area contributed by atoms with Gasteiger partial charge in [-0.3, -0.25) is 9.69 Å². The van der Waals surface area contributed by atoms with Crippen LogP contribution >= 0.6 is 0 Å². The van der Waals surface area contributed by atoms with Gasteiger partial charge < -0.3 is 14.9 Å². The molecule has 2 aromatic carbocycles. The summed E-state index contributed by atoms with van der Waals surface area (Å²) in [5.74, 6) is -0.727. The molecular weight excluding hydrogens is 318 g/mol. The van der Waals surface area contributed by atoms with Crippen LogP contribution in [0.15, 0.2) is 42.5 Å². The summed E-state index contributed by atoms with van der Waals surface area (Å²) in [6.07, 6.45) is -0.0561. The maximum atomic E-state index is 10.9. The van der Waals surface area contributed by atoms with Crippen molar-refractivity contribution in [3.05, 3.63) is 53.6 Å². The van der Waals surface area contributed by atoms with Crippen LogP contribution in [0.3, 0.4) is 0 Å². The highest BCUT2D eigenvalue weighted by Crippen LogP contribution is 2.32. The molecule has 1 atom stereocenters. The van der Waals surface area contributed by atoms with E-state index in [4.69, 9.17) is 9.84 Å². The number of benzene rings is 2. The van der Waals surface area contributed by atoms with Crippen LogP contribution in [-0.2, 0) is 16.0 Å². The van der Waals surface area contributed by atoms with Crippen LogP contribution in [0.4, 0.5) is 0 Å². The molecule has 2 aromatic rings. The third-order valence-electron chi connectivity index (χ3n) is 4.71. The molecule has 0 bridgehead atoms. The van der Waals surface area contributed by atoms with Crippen molar-refractivity contribution in [3.63, 3.8) is 0 Å². The van der Waals surface area contributed by atoms with Gasteiger partial charge in [-0.15, -0.1) is 0 Å². The number of nitrogens with zero attached hydrogens (tertiary/aromatic N) is 1. The van der Waals surface area contributed by atoms with E-state index in [1.165, 1.54) is 5.56 Å². The first kappa shape index (κ1) is 17.5. The summed E-state index contributed by atoms with van der Waals surface area (Å²) in [6.45, 7) is 5.59. The Labute approximate surface area is 147 Å². The highest BCUT2D eigenvalue weighted by atomic mass is 16.5. The first-order valence-electron chi connectivity index (χ1n) is 8.50. The van der Waals surface area contributed by atoms with Gasteiger partial charge in [-0.25, -0.2) is 0 Å². The van der Waals surface area contributed by atoms with E-state index >= 15 is 0 Å². The second kappa shape index (κ2) is 7.68. The van der Waals surface area contributed by atoms with E-state index in [9.17, 15) is 9.90 Å². The number of carboxylic acid groups (broad SMARTS) is 1. The summed E-state index contributed by atoms with van der Waals surface area (Å²) in [7, 11) is 0. The van der Waals surface area contributed by atoms with Gasteiger partial charge in [0, 0.05) is 24.7 Å². The van der Waals surface area contributed by atoms with Crippen LogP contribution in [0.25, 0.3) is 11.1 Å². The lowest BCUT2D eigenvalue weighted by atomic mass is 9.98. The van der Waals surface area contributed by atoms with Crippen LogP contribution in [0.5, 0.6) is 5.75 Å². The number of phenolic OH excluding ortho intramolecular Hbond substituents is 1. The minimum absolute atomic E-state index is 0.0561. The number of hydrogen-bond acceptors (Lipinski definition) is 4. The zero-order chi connectivity index (χ0) is 17.8. The smallest absolute Gasteiger partial charge is 0.307 e. The number of aromatic hydroxyl groups is 1. The van der Waals surface area contributed by atoms with Gasteiger partial charge in [0.05, 0.1) is 19.6 Å². The maximum absolute atomic E-state index is 10.9. The number of carbonyl (C=O) groups is 1. The molecule has 0 spiro atoms. The van der Waals surface area contributed by atoms with Gasteiger partial charge in [0.25, 0.3) is 0 Å². The monoisotopic (exact) mass is 341 g/mol. The van der Waals surface area contributed by atoms with Crippen LogP contribution in [-0.4, -0.2) is 47.4 Å². The number of rotatable bonds is 5. The van der Waals surface area contributed by atoms with Gasteiger partial charge in [-0.2, -0.15) is 0 Å². The molecule has 0 aliphatic carbocycles. The molecule has 1 aliphatic rings. The maximum Gasteiger partial charge on any atom is 0.307 e. The molecule has 2 N–H and O–H groups in total. The standard InChI is InChI=1S/C20H23NO4/c1-14(21-8-10-25-11-9-21)16-3-5-17(6-4-16)18-12-15(13-20(23)24)2-7-19(18)22/h2-7,12,14,22H,8-11,13H2,1H3,(H,23,24)/t14-/m1/s1. The highest BCUT2D eigenvalue weighted by Gasteiger charge is 2.18. The summed E-state index contributed by atoms with van der Waals surface area (Å²) in [5, 5.41) is 19.1. The summed E-state index contributed by atoms with van der Waals surface area (Å²) in [5.41, 5.74) is 3.42. The minimum Gasteiger partial charge on any atom is -0.507 e. The molecule has 0 aromatic heterocycles. The Morgan fingerprint density at radius 3 is 2.48 bits per heavy atom. The molecule has 1 aliphatic heterocycles. The molecule has 0 unspecified atom stereocenters. The fraction of sp³-hybridized carbons (Fsp3) is 0.350. The van der Waals surface area contributed by atoms with Crippen LogP contribution in [0.1, 0.15) is 24.1 Å². The van der Waals surface area contributed by atoms with Crippen molar-refractivity contribution in [2.75, 3.05) is 26.3 Å². The molecule has 0 amide bonds. The summed E-state index contributed by atoms with van der Waals surface area (Å²) in [4.78, 5) is 13.3. The quantitative estimate of drug-likeness (QED) is 0.875. The predicted octanol–water partition coefficient (Wildman–Crippen LogP) is 3.08. The molecule has 132 valence electrons. The van der Waals surface area contributed by atoms with E-state index < -0.39 is 5.97 Å². The lowest BCUT2D eigenvalue weighted by molar-refractivity contribution is -0.136. The molecule has 0 saturated carbocycles. The van der Waals surface area contributed by atoms with Crippen LogP contribution in [0.2, 0.25) is 0 Å². The highest BCUT2D eigenvalue weighted by molar-refractivity contribution is 5.74. The lowest BCUT2D eigenvalue weighted by Gasteiger charge is -2.32. The normalized spacial score (nSPS) is 16.5. The fourth-order valence-corrected chi connectivity index (χ4v) is 3.22. The Balaban J connectivity index is 1.81. The topological polar surface area (TPSA) is 70.0 Å². The predicted molar refractivity (Wildman–Crippen MR) is 95.7 cm³/mol. The Bertz CT molecular complexity index is 736. The largest absolute Gasteiger partial charge is 0.507 e. The number of phenols is 1. The van der Waals surface area contributed by atoms with Gasteiger partial charge in [0.1, 0.15) is 5.75 Å². The summed E-state index contributed by atoms with van der Waals surface area (Å²) in [6, 6.07) is 13.3. The van der Waals surface area contributed by atoms with E-state index in [1.807, 2.05) is 12.1 Å². The van der Waals surface area contributed by atoms with Gasteiger partial charge in [0.2, 0.25) is 0 Å². The Hall–Kier alpha value is -2.37. The van der Waals surface area contributed by atoms with Crippen molar-refractivity contribution < 1.29 is 19.7 Å². The number of ether oxygens (including phenoxy) is 1. The van der Waals surface area contributed by atoms with Crippen molar-refractivity contribution in [2.45, 2.75) is 19.4 Å². The molecule has 1 fully saturated rings. The lowest BCUT2D eigenvalue weighted by Crippen LogP contribution is -2.37. The molecule has 5 nitrogen and oxygen atoms in total. The molecular formula is C20H23NO4. The molecule has 1 heterocycles. The molecule has 5 heteroatoms. The third-order valence-corrected chi connectivity index (χ3v) is 4.71. The number of morpholine rings is 1. The first-order valence-corrected chi connectivity index (χ1v) is 8.50. The average molecular weight is 341 g/mol. The van der Waals surface area contributed by atoms with E-state index in [0.717, 1.165) is 31.9 Å². The first-order chi connectivity index (χ1) is 12.0. The molecule has 25 heavy (non-hydrogen) atoms. The average Bonchev–Trinajstić information content (AvgIpc) is 2.63. The van der Waals surface area contributed by atoms with E-state index in [0.29, 0.717) is 17.2 Å². The zero-order valence-corrected chi connectivity index (χ0v) is 14.3. The zero-order valence-electron chi connectivity index (χ0n) is 14.3. The second-order valence-electron chi connectivity index (χ2n) is 6.37. The fourth-order valence-electron chi connectivity index (χ4n) is 3.22. The molecule has 1 saturated heterocycles. The Morgan fingerprint density at radius 1 is 1.16 bits per heavy atom. The third kappa shape index (κ3) is 4.18. The summed E-state index contributed by atoms with van der Waals surface area (Å²) < 4.78 is 5.40. The van der Waals surface area contributed by atoms with Crippen molar-refractivity contribution in [3.8, 4) is 16.9 Å². The molecule has 3 rings (SSSR count). The Morgan fingerprint density at radius 2 is 1.84 bits per heavy atom. The van der Waals surface area contributed by atoms with E-state index in [-0.39, 0.29) is 12.2 Å². The second-order valence-corrected chi connectivity index (χ2v) is 6.37.